The third-order valence-corrected chi connectivity index (χ3v) is 2.65. The van der Waals surface area contributed by atoms with E-state index in [9.17, 15) is 4.79 Å². The van der Waals surface area contributed by atoms with E-state index in [-0.39, 0.29) is 5.56 Å². The highest BCUT2D eigenvalue weighted by Crippen LogP contribution is 2.29. The zero-order valence-electron chi connectivity index (χ0n) is 9.31. The van der Waals surface area contributed by atoms with E-state index in [0.717, 1.165) is 11.1 Å². The van der Waals surface area contributed by atoms with Gasteiger partial charge in [-0.2, -0.15) is 5.10 Å². The van der Waals surface area contributed by atoms with Crippen LogP contribution in [0.4, 0.5) is 0 Å². The number of carboxylic acid groups (broad SMARTS) is 1. The number of ether oxygens (including phenoxy) is 1. The van der Waals surface area contributed by atoms with Gasteiger partial charge in [-0.15, -0.1) is 0 Å². The summed E-state index contributed by atoms with van der Waals surface area (Å²) in [6.45, 7) is 1.91. The lowest BCUT2D eigenvalue weighted by Gasteiger charge is -2.03. The van der Waals surface area contributed by atoms with Crippen molar-refractivity contribution < 1.29 is 14.6 Å². The normalized spacial score (nSPS) is 10.7. The van der Waals surface area contributed by atoms with Crippen molar-refractivity contribution in [1.29, 1.82) is 0 Å². The van der Waals surface area contributed by atoms with E-state index in [1.807, 2.05) is 14.0 Å². The van der Waals surface area contributed by atoms with Crippen molar-refractivity contribution in [3.05, 3.63) is 23.4 Å². The predicted molar refractivity (Wildman–Crippen MR) is 59.0 cm³/mol. The Morgan fingerprint density at radius 3 is 2.75 bits per heavy atom. The highest BCUT2D eigenvalue weighted by atomic mass is 16.5. The second-order valence-corrected chi connectivity index (χ2v) is 3.59. The summed E-state index contributed by atoms with van der Waals surface area (Å²) in [4.78, 5) is 10.9. The summed E-state index contributed by atoms with van der Waals surface area (Å²) in [6, 6.07) is 3.06. The van der Waals surface area contributed by atoms with Gasteiger partial charge in [0, 0.05) is 12.7 Å². The van der Waals surface area contributed by atoms with Gasteiger partial charge in [0.15, 0.2) is 0 Å². The lowest BCUT2D eigenvalue weighted by Crippen LogP contribution is -1.97. The Morgan fingerprint density at radius 1 is 1.50 bits per heavy atom. The largest absolute Gasteiger partial charge is 0.496 e. The summed E-state index contributed by atoms with van der Waals surface area (Å²) in [6.07, 6.45) is 0. The molecule has 5 heteroatoms. The molecular weight excluding hydrogens is 208 g/mol. The molecule has 0 aliphatic carbocycles. The molecule has 0 radical (unpaired) electrons. The number of hydrogen-bond donors (Lipinski definition) is 1. The molecule has 2 aromatic rings. The lowest BCUT2D eigenvalue weighted by atomic mass is 10.1. The molecule has 5 nitrogen and oxygen atoms in total. The number of hydrogen-bond acceptors (Lipinski definition) is 3. The van der Waals surface area contributed by atoms with Gasteiger partial charge in [-0.3, -0.25) is 4.68 Å². The van der Waals surface area contributed by atoms with E-state index in [0.29, 0.717) is 11.3 Å². The van der Waals surface area contributed by atoms with Crippen molar-refractivity contribution in [1.82, 2.24) is 9.78 Å². The molecular formula is C11H12N2O3. The number of carboxylic acids is 1. The molecule has 1 heterocycles. The molecule has 0 spiro atoms. The number of aromatic carboxylic acids is 1. The van der Waals surface area contributed by atoms with Crippen LogP contribution >= 0.6 is 0 Å². The molecule has 0 bridgehead atoms. The molecule has 1 aromatic heterocycles. The fourth-order valence-corrected chi connectivity index (χ4v) is 1.73. The third-order valence-electron chi connectivity index (χ3n) is 2.65. The summed E-state index contributed by atoms with van der Waals surface area (Å²) in [5.41, 5.74) is 1.77. The minimum atomic E-state index is -0.983. The zero-order valence-corrected chi connectivity index (χ0v) is 9.31. The van der Waals surface area contributed by atoms with Crippen molar-refractivity contribution in [2.75, 3.05) is 7.11 Å². The minimum absolute atomic E-state index is 0.183. The van der Waals surface area contributed by atoms with Gasteiger partial charge in [0.05, 0.1) is 23.6 Å². The molecule has 0 amide bonds. The van der Waals surface area contributed by atoms with Crippen LogP contribution in [0.25, 0.3) is 10.9 Å². The van der Waals surface area contributed by atoms with E-state index < -0.39 is 5.97 Å². The SMILES string of the molecule is COc1cc(C(=O)O)cc2nn(C)c(C)c12. The maximum absolute atomic E-state index is 10.9. The maximum atomic E-state index is 10.9. The van der Waals surface area contributed by atoms with Crippen LogP contribution in [-0.2, 0) is 7.05 Å². The quantitative estimate of drug-likeness (QED) is 0.834. The Morgan fingerprint density at radius 2 is 2.19 bits per heavy atom. The van der Waals surface area contributed by atoms with Gasteiger partial charge in [-0.25, -0.2) is 4.79 Å². The van der Waals surface area contributed by atoms with Gasteiger partial charge in [0.2, 0.25) is 0 Å². The number of aryl methyl sites for hydroxylation is 2. The molecule has 0 aliphatic rings. The van der Waals surface area contributed by atoms with E-state index >= 15 is 0 Å². The van der Waals surface area contributed by atoms with E-state index in [2.05, 4.69) is 5.10 Å². The second kappa shape index (κ2) is 3.52. The molecule has 0 fully saturated rings. The van der Waals surface area contributed by atoms with Crippen molar-refractivity contribution in [3.63, 3.8) is 0 Å². The molecule has 2 rings (SSSR count). The van der Waals surface area contributed by atoms with Crippen molar-refractivity contribution in [2.24, 2.45) is 7.05 Å². The second-order valence-electron chi connectivity index (χ2n) is 3.59. The van der Waals surface area contributed by atoms with Gasteiger partial charge in [-0.05, 0) is 19.1 Å². The van der Waals surface area contributed by atoms with Crippen LogP contribution in [0, 0.1) is 6.92 Å². The molecule has 0 atom stereocenters. The molecule has 84 valence electrons. The van der Waals surface area contributed by atoms with Crippen molar-refractivity contribution in [3.8, 4) is 5.75 Å². The Kier molecular flexibility index (Phi) is 2.30. The molecule has 0 aliphatic heterocycles. The highest BCUT2D eigenvalue weighted by molar-refractivity contribution is 5.97. The molecule has 0 saturated heterocycles. The zero-order chi connectivity index (χ0) is 11.9. The number of aromatic nitrogens is 2. The maximum Gasteiger partial charge on any atom is 0.335 e. The topological polar surface area (TPSA) is 64.3 Å². The molecule has 1 aromatic carbocycles. The summed E-state index contributed by atoms with van der Waals surface area (Å²) in [7, 11) is 3.34. The van der Waals surface area contributed by atoms with Gasteiger partial charge < -0.3 is 9.84 Å². The van der Waals surface area contributed by atoms with Crippen LogP contribution in [0.2, 0.25) is 0 Å². The first-order chi connectivity index (χ1) is 7.54. The summed E-state index contributed by atoms with van der Waals surface area (Å²) in [5.74, 6) is -0.441. The highest BCUT2D eigenvalue weighted by Gasteiger charge is 2.14. The van der Waals surface area contributed by atoms with E-state index in [1.165, 1.54) is 13.2 Å². The number of rotatable bonds is 2. The lowest BCUT2D eigenvalue weighted by molar-refractivity contribution is 0.0696. The Labute approximate surface area is 92.2 Å². The van der Waals surface area contributed by atoms with Gasteiger partial charge in [0.25, 0.3) is 0 Å². The van der Waals surface area contributed by atoms with Crippen molar-refractivity contribution >= 4 is 16.9 Å². The summed E-state index contributed by atoms with van der Waals surface area (Å²) in [5, 5.41) is 14.0. The van der Waals surface area contributed by atoms with E-state index in [1.54, 1.807) is 10.7 Å². The van der Waals surface area contributed by atoms with Gasteiger partial charge in [-0.1, -0.05) is 0 Å². The average molecular weight is 220 g/mol. The van der Waals surface area contributed by atoms with Gasteiger partial charge >= 0.3 is 5.97 Å². The standard InChI is InChI=1S/C11H12N2O3/c1-6-10-8(12-13(6)2)4-7(11(14)15)5-9(10)16-3/h4-5H,1-3H3,(H,14,15). The van der Waals surface area contributed by atoms with Crippen LogP contribution in [0.1, 0.15) is 16.1 Å². The first-order valence-corrected chi connectivity index (χ1v) is 4.79. The Balaban J connectivity index is 2.83. The molecule has 1 N–H and O–H groups in total. The smallest absolute Gasteiger partial charge is 0.335 e. The fourth-order valence-electron chi connectivity index (χ4n) is 1.73. The van der Waals surface area contributed by atoms with Crippen molar-refractivity contribution in [2.45, 2.75) is 6.92 Å². The summed E-state index contributed by atoms with van der Waals surface area (Å²) >= 11 is 0. The summed E-state index contributed by atoms with van der Waals surface area (Å²) < 4.78 is 6.90. The molecule has 16 heavy (non-hydrogen) atoms. The van der Waals surface area contributed by atoms with Crippen LogP contribution in [0.3, 0.4) is 0 Å². The predicted octanol–water partition coefficient (Wildman–Crippen LogP) is 1.59. The number of methoxy groups -OCH3 is 1. The first kappa shape index (κ1) is 10.5. The van der Waals surface area contributed by atoms with Crippen LogP contribution in [-0.4, -0.2) is 28.0 Å². The first-order valence-electron chi connectivity index (χ1n) is 4.79. The molecule has 0 unspecified atom stereocenters. The Hall–Kier alpha value is -2.04. The number of fused-ring (bicyclic) bond motifs is 1. The average Bonchev–Trinajstić information content (AvgIpc) is 2.53. The third kappa shape index (κ3) is 1.41. The molecule has 0 saturated carbocycles. The van der Waals surface area contributed by atoms with Gasteiger partial charge in [0.1, 0.15) is 5.75 Å². The van der Waals surface area contributed by atoms with Crippen LogP contribution in [0.5, 0.6) is 5.75 Å². The van der Waals surface area contributed by atoms with Crippen LogP contribution < -0.4 is 4.74 Å². The number of benzene rings is 1. The Bertz CT molecular complexity index is 572. The van der Waals surface area contributed by atoms with E-state index in [4.69, 9.17) is 9.84 Å². The fraction of sp³-hybridized carbons (Fsp3) is 0.273. The number of nitrogens with zero attached hydrogens (tertiary/aromatic N) is 2. The monoisotopic (exact) mass is 220 g/mol. The minimum Gasteiger partial charge on any atom is -0.496 e. The number of carbonyl (C=O) groups is 1. The van der Waals surface area contributed by atoms with Crippen LogP contribution in [0.15, 0.2) is 12.1 Å².